The Morgan fingerprint density at radius 1 is 1.70 bits per heavy atom. The minimum Gasteiger partial charge on any atom is -0.324 e. The maximum Gasteiger partial charge on any atom is 0.105 e. The molecule has 2 nitrogen and oxygen atoms in total. The Morgan fingerprint density at radius 3 is 2.50 bits per heavy atom. The molecule has 1 atom stereocenters. The molecular weight excluding hydrogens is 145 g/mol. The molecule has 1 aliphatic carbocycles. The summed E-state index contributed by atoms with van der Waals surface area (Å²) in [5, 5.41) is 1.08. The van der Waals surface area contributed by atoms with E-state index in [1.807, 2.05) is 6.08 Å². The molecular formula is C7H14NOP. The van der Waals surface area contributed by atoms with Gasteiger partial charge >= 0.3 is 0 Å². The molecule has 0 aliphatic heterocycles. The summed E-state index contributed by atoms with van der Waals surface area (Å²) < 4.78 is 11.4. The Morgan fingerprint density at radius 2 is 2.30 bits per heavy atom. The standard InChI is InChI=1S/C7H14NOP/c1-10(2,9)7-4-3-6(8)5-7/h5-6H,3-4,8H2,1-2H3. The van der Waals surface area contributed by atoms with Crippen LogP contribution in [0.2, 0.25) is 0 Å². The first kappa shape index (κ1) is 8.03. The van der Waals surface area contributed by atoms with Gasteiger partial charge in [0.15, 0.2) is 0 Å². The lowest BCUT2D eigenvalue weighted by Gasteiger charge is -2.05. The van der Waals surface area contributed by atoms with Gasteiger partial charge in [0.25, 0.3) is 0 Å². The fourth-order valence-electron chi connectivity index (χ4n) is 1.18. The molecule has 0 aromatic carbocycles. The maximum atomic E-state index is 11.4. The smallest absolute Gasteiger partial charge is 0.105 e. The van der Waals surface area contributed by atoms with E-state index >= 15 is 0 Å². The topological polar surface area (TPSA) is 43.1 Å². The third kappa shape index (κ3) is 1.71. The summed E-state index contributed by atoms with van der Waals surface area (Å²) in [6, 6.07) is 0.156. The molecule has 0 amide bonds. The predicted molar refractivity (Wildman–Crippen MR) is 44.7 cm³/mol. The number of allylic oxidation sites excluding steroid dienone is 1. The van der Waals surface area contributed by atoms with E-state index in [0.29, 0.717) is 0 Å². The van der Waals surface area contributed by atoms with Gasteiger partial charge in [-0.25, -0.2) is 0 Å². The van der Waals surface area contributed by atoms with Crippen LogP contribution >= 0.6 is 7.14 Å². The molecule has 1 unspecified atom stereocenters. The van der Waals surface area contributed by atoms with Crippen LogP contribution in [0.5, 0.6) is 0 Å². The van der Waals surface area contributed by atoms with E-state index in [1.165, 1.54) is 0 Å². The highest BCUT2D eigenvalue weighted by Gasteiger charge is 2.20. The SMILES string of the molecule is CP(C)(=O)C1=CC(N)CC1. The zero-order valence-electron chi connectivity index (χ0n) is 6.50. The first-order valence-corrected chi connectivity index (χ1v) is 6.12. The van der Waals surface area contributed by atoms with Gasteiger partial charge in [0.2, 0.25) is 0 Å². The Balaban J connectivity index is 2.77. The van der Waals surface area contributed by atoms with Gasteiger partial charge in [-0.05, 0) is 31.5 Å². The molecule has 0 aromatic heterocycles. The van der Waals surface area contributed by atoms with Crippen molar-refractivity contribution in [3.05, 3.63) is 11.4 Å². The summed E-state index contributed by atoms with van der Waals surface area (Å²) in [4.78, 5) is 0. The van der Waals surface area contributed by atoms with Crippen LogP contribution in [0.15, 0.2) is 11.4 Å². The molecule has 0 aromatic rings. The quantitative estimate of drug-likeness (QED) is 0.590. The Bertz CT molecular complexity index is 204. The van der Waals surface area contributed by atoms with Gasteiger partial charge < -0.3 is 10.3 Å². The van der Waals surface area contributed by atoms with Crippen molar-refractivity contribution in [3.63, 3.8) is 0 Å². The molecule has 0 spiro atoms. The Labute approximate surface area is 61.9 Å². The summed E-state index contributed by atoms with van der Waals surface area (Å²) >= 11 is 0. The lowest BCUT2D eigenvalue weighted by atomic mass is 10.3. The monoisotopic (exact) mass is 159 g/mol. The van der Waals surface area contributed by atoms with E-state index < -0.39 is 7.14 Å². The second-order valence-corrected chi connectivity index (χ2v) is 6.49. The van der Waals surface area contributed by atoms with Gasteiger partial charge in [-0.3, -0.25) is 0 Å². The second kappa shape index (κ2) is 2.52. The van der Waals surface area contributed by atoms with Crippen LogP contribution in [0.25, 0.3) is 0 Å². The molecule has 0 saturated carbocycles. The summed E-state index contributed by atoms with van der Waals surface area (Å²) in [7, 11) is -1.97. The van der Waals surface area contributed by atoms with E-state index in [9.17, 15) is 4.57 Å². The number of hydrogen-bond donors (Lipinski definition) is 1. The highest BCUT2D eigenvalue weighted by molar-refractivity contribution is 7.66. The van der Waals surface area contributed by atoms with E-state index in [0.717, 1.165) is 18.2 Å². The van der Waals surface area contributed by atoms with Crippen LogP contribution < -0.4 is 5.73 Å². The number of nitrogens with two attached hydrogens (primary N) is 1. The van der Waals surface area contributed by atoms with Crippen molar-refractivity contribution in [2.75, 3.05) is 13.3 Å². The third-order valence-electron chi connectivity index (χ3n) is 1.83. The van der Waals surface area contributed by atoms with Crippen LogP contribution in [0.3, 0.4) is 0 Å². The van der Waals surface area contributed by atoms with Crippen LogP contribution in [0.4, 0.5) is 0 Å². The average Bonchev–Trinajstić information content (AvgIpc) is 2.11. The molecule has 0 bridgehead atoms. The van der Waals surface area contributed by atoms with Crippen molar-refractivity contribution in [2.24, 2.45) is 5.73 Å². The van der Waals surface area contributed by atoms with Crippen molar-refractivity contribution in [2.45, 2.75) is 18.9 Å². The molecule has 58 valence electrons. The molecule has 1 rings (SSSR count). The molecule has 0 fully saturated rings. The van der Waals surface area contributed by atoms with Crippen LogP contribution in [0, 0.1) is 0 Å². The van der Waals surface area contributed by atoms with E-state index in [4.69, 9.17) is 5.73 Å². The van der Waals surface area contributed by atoms with E-state index in [-0.39, 0.29) is 6.04 Å². The normalized spacial score (nSPS) is 26.7. The van der Waals surface area contributed by atoms with Gasteiger partial charge in [0.1, 0.15) is 7.14 Å². The largest absolute Gasteiger partial charge is 0.324 e. The van der Waals surface area contributed by atoms with Crippen molar-refractivity contribution < 1.29 is 4.57 Å². The van der Waals surface area contributed by atoms with Crippen molar-refractivity contribution in [1.29, 1.82) is 0 Å². The van der Waals surface area contributed by atoms with E-state index in [2.05, 4.69) is 0 Å². The minimum absolute atomic E-state index is 0.156. The Kier molecular flexibility index (Phi) is 2.02. The molecule has 1 aliphatic rings. The number of hydrogen-bond acceptors (Lipinski definition) is 2. The first-order valence-electron chi connectivity index (χ1n) is 3.52. The van der Waals surface area contributed by atoms with Crippen LogP contribution in [0.1, 0.15) is 12.8 Å². The molecule has 0 saturated heterocycles. The summed E-state index contributed by atoms with van der Waals surface area (Å²) in [5.41, 5.74) is 5.62. The summed E-state index contributed by atoms with van der Waals surface area (Å²) in [5.74, 6) is 0. The first-order chi connectivity index (χ1) is 4.50. The van der Waals surface area contributed by atoms with Crippen LogP contribution in [-0.4, -0.2) is 19.4 Å². The van der Waals surface area contributed by atoms with Gasteiger partial charge in [0, 0.05) is 6.04 Å². The predicted octanol–water partition coefficient (Wildman–Crippen LogP) is 1.61. The molecule has 2 N–H and O–H groups in total. The lowest BCUT2D eigenvalue weighted by Crippen LogP contribution is -2.11. The van der Waals surface area contributed by atoms with Crippen molar-refractivity contribution in [1.82, 2.24) is 0 Å². The number of rotatable bonds is 1. The van der Waals surface area contributed by atoms with Gasteiger partial charge in [-0.1, -0.05) is 6.08 Å². The highest BCUT2D eigenvalue weighted by Crippen LogP contribution is 2.50. The molecule has 3 heteroatoms. The minimum atomic E-state index is -1.97. The fourth-order valence-corrected chi connectivity index (χ4v) is 2.40. The summed E-state index contributed by atoms with van der Waals surface area (Å²) in [6.07, 6.45) is 3.87. The van der Waals surface area contributed by atoms with Gasteiger partial charge in [-0.2, -0.15) is 0 Å². The zero-order valence-corrected chi connectivity index (χ0v) is 7.40. The van der Waals surface area contributed by atoms with Gasteiger partial charge in [0.05, 0.1) is 0 Å². The average molecular weight is 159 g/mol. The molecule has 0 heterocycles. The lowest BCUT2D eigenvalue weighted by molar-refractivity contribution is 0.585. The maximum absolute atomic E-state index is 11.4. The highest BCUT2D eigenvalue weighted by atomic mass is 31.2. The summed E-state index contributed by atoms with van der Waals surface area (Å²) in [6.45, 7) is 3.60. The Hall–Kier alpha value is -0.0700. The zero-order chi connectivity index (χ0) is 7.78. The fraction of sp³-hybridized carbons (Fsp3) is 0.714. The van der Waals surface area contributed by atoms with Crippen LogP contribution in [-0.2, 0) is 4.57 Å². The molecule has 0 radical (unpaired) electrons. The van der Waals surface area contributed by atoms with Crippen molar-refractivity contribution in [3.8, 4) is 0 Å². The molecule has 10 heavy (non-hydrogen) atoms. The van der Waals surface area contributed by atoms with Gasteiger partial charge in [-0.15, -0.1) is 0 Å². The second-order valence-electron chi connectivity index (χ2n) is 3.21. The van der Waals surface area contributed by atoms with E-state index in [1.54, 1.807) is 13.3 Å². The van der Waals surface area contributed by atoms with Crippen molar-refractivity contribution >= 4 is 7.14 Å². The third-order valence-corrected chi connectivity index (χ3v) is 3.59.